The molecule has 2 heterocycles. The number of ether oxygens (including phenoxy) is 1. The molecule has 0 saturated carbocycles. The summed E-state index contributed by atoms with van der Waals surface area (Å²) in [5.74, 6) is -0.0668. The highest BCUT2D eigenvalue weighted by molar-refractivity contribution is 6.45. The highest BCUT2D eigenvalue weighted by Crippen LogP contribution is 2.30. The van der Waals surface area contributed by atoms with Crippen molar-refractivity contribution >= 4 is 37.6 Å². The molecule has 2 aromatic rings. The first-order valence-corrected chi connectivity index (χ1v) is 13.5. The van der Waals surface area contributed by atoms with Crippen molar-refractivity contribution in [1.29, 1.82) is 0 Å². The lowest BCUT2D eigenvalue weighted by atomic mass is 9.82. The molecule has 0 atom stereocenters. The maximum absolute atomic E-state index is 11.0. The largest absolute Gasteiger partial charge is 0.502 e. The zero-order valence-electron chi connectivity index (χ0n) is 23.6. The van der Waals surface area contributed by atoms with Crippen LogP contribution in [-0.4, -0.2) is 82.0 Å². The van der Waals surface area contributed by atoms with Crippen molar-refractivity contribution in [1.82, 2.24) is 9.62 Å². The Morgan fingerprint density at radius 2 is 1.29 bits per heavy atom. The molecule has 2 fully saturated rings. The number of benzene rings is 2. The highest BCUT2D eigenvalue weighted by atomic mass is 16.6. The Morgan fingerprint density at radius 1 is 0.829 bits per heavy atom. The predicted octanol–water partition coefficient (Wildman–Crippen LogP) is 4.08. The fourth-order valence-corrected chi connectivity index (χ4v) is 4.92. The van der Waals surface area contributed by atoms with Gasteiger partial charge in [0.15, 0.2) is 11.5 Å². The van der Waals surface area contributed by atoms with E-state index >= 15 is 0 Å². The molecule has 41 heavy (non-hydrogen) atoms. The Balaban J connectivity index is 0.000000226. The second kappa shape index (κ2) is 14.8. The molecule has 2 aliphatic rings. The number of piperidine rings is 2. The van der Waals surface area contributed by atoms with E-state index in [9.17, 15) is 35.4 Å². The van der Waals surface area contributed by atoms with Crippen molar-refractivity contribution in [2.45, 2.75) is 39.3 Å². The number of aromatic hydroxyl groups is 1. The molecule has 14 heteroatoms. The lowest BCUT2D eigenvalue weighted by Gasteiger charge is -2.29. The fourth-order valence-electron chi connectivity index (χ4n) is 4.92. The quantitative estimate of drug-likeness (QED) is 0.253. The first-order valence-electron chi connectivity index (χ1n) is 13.5. The molecular formula is C27H36B2N4O8. The molecule has 2 aromatic carbocycles. The van der Waals surface area contributed by atoms with Crippen LogP contribution in [0.5, 0.6) is 11.5 Å². The van der Waals surface area contributed by atoms with Crippen LogP contribution in [0.1, 0.15) is 36.8 Å². The van der Waals surface area contributed by atoms with E-state index in [-0.39, 0.29) is 22.9 Å². The Morgan fingerprint density at radius 3 is 1.73 bits per heavy atom. The molecule has 0 aromatic heterocycles. The Kier molecular flexibility index (Phi) is 11.5. The van der Waals surface area contributed by atoms with Gasteiger partial charge in [0.1, 0.15) is 0 Å². The minimum atomic E-state index is -0.597. The van der Waals surface area contributed by atoms with E-state index in [1.165, 1.54) is 30.9 Å². The summed E-state index contributed by atoms with van der Waals surface area (Å²) in [4.78, 5) is 24.7. The van der Waals surface area contributed by atoms with Gasteiger partial charge in [-0.3, -0.25) is 20.2 Å². The first kappa shape index (κ1) is 31.8. The number of phenolic OH excluding ortho intramolecular Hbond substituents is 1. The van der Waals surface area contributed by atoms with Gasteiger partial charge in [0.2, 0.25) is 0 Å². The zero-order valence-corrected chi connectivity index (χ0v) is 23.6. The third kappa shape index (κ3) is 9.15. The smallest absolute Gasteiger partial charge is 0.376 e. The third-order valence-electron chi connectivity index (χ3n) is 7.09. The Bertz CT molecular complexity index is 1300. The topological polar surface area (TPSA) is 163 Å². The fraction of sp³-hybridized carbons (Fsp3) is 0.407. The molecule has 2 aliphatic heterocycles. The van der Waals surface area contributed by atoms with Crippen molar-refractivity contribution in [3.8, 4) is 11.5 Å². The minimum absolute atomic E-state index is 0.0324. The number of nitro groups is 2. The molecule has 218 valence electrons. The third-order valence-corrected chi connectivity index (χ3v) is 7.09. The van der Waals surface area contributed by atoms with Gasteiger partial charge < -0.3 is 29.5 Å². The van der Waals surface area contributed by atoms with Crippen LogP contribution in [-0.2, 0) is 0 Å². The SMILES string of the molecule is CB(O)N1CCCC(=Cc2ccc(O)c([N+](=O)[O-])c2)C1.COc1ccc(C=C2CCCN(B(C)O)C2)cc1[N+](=O)[O-]. The standard InChI is InChI=1S/C14H19BN2O4.C13H17BN2O4/c1-15(18)16-7-3-4-12(10-16)8-11-5-6-14(21-2)13(9-11)17(19)20;1-14(18)15-6-2-3-11(9-15)7-10-4-5-13(17)12(8-10)16(19)20/h5-6,8-9,18H,3-4,7,10H2,1-2H3;4-5,7-8,17-18H,2-3,6,9H2,1H3. The molecule has 0 radical (unpaired) electrons. The van der Waals surface area contributed by atoms with Crippen molar-refractivity contribution < 1.29 is 29.7 Å². The average molecular weight is 566 g/mol. The van der Waals surface area contributed by atoms with Gasteiger partial charge in [0.05, 0.1) is 17.0 Å². The Hall–Kier alpha value is -3.71. The van der Waals surface area contributed by atoms with Gasteiger partial charge in [0.25, 0.3) is 0 Å². The van der Waals surface area contributed by atoms with E-state index in [0.717, 1.165) is 49.9 Å². The molecule has 0 spiro atoms. The molecule has 4 rings (SSSR count). The van der Waals surface area contributed by atoms with Crippen molar-refractivity contribution in [2.75, 3.05) is 33.3 Å². The van der Waals surface area contributed by atoms with E-state index < -0.39 is 23.9 Å². The van der Waals surface area contributed by atoms with E-state index in [1.54, 1.807) is 31.8 Å². The van der Waals surface area contributed by atoms with Gasteiger partial charge in [-0.15, -0.1) is 0 Å². The van der Waals surface area contributed by atoms with Crippen LogP contribution in [0.3, 0.4) is 0 Å². The summed E-state index contributed by atoms with van der Waals surface area (Å²) in [6, 6.07) is 9.28. The molecule has 0 amide bonds. The summed E-state index contributed by atoms with van der Waals surface area (Å²) in [5.41, 5.74) is 3.44. The maximum atomic E-state index is 11.0. The average Bonchev–Trinajstić information content (AvgIpc) is 2.94. The summed E-state index contributed by atoms with van der Waals surface area (Å²) in [5, 5.41) is 50.5. The zero-order chi connectivity index (χ0) is 30.1. The lowest BCUT2D eigenvalue weighted by molar-refractivity contribution is -0.386. The molecule has 3 N–H and O–H groups in total. The molecule has 12 nitrogen and oxygen atoms in total. The monoisotopic (exact) mass is 566 g/mol. The van der Waals surface area contributed by atoms with Crippen LogP contribution < -0.4 is 4.74 Å². The van der Waals surface area contributed by atoms with Crippen molar-refractivity contribution in [2.24, 2.45) is 0 Å². The number of hydrogen-bond donors (Lipinski definition) is 3. The maximum Gasteiger partial charge on any atom is 0.376 e. The van der Waals surface area contributed by atoms with E-state index in [4.69, 9.17) is 4.74 Å². The minimum Gasteiger partial charge on any atom is -0.502 e. The van der Waals surface area contributed by atoms with Gasteiger partial charge in [-0.25, -0.2) is 0 Å². The number of hydrogen-bond acceptors (Lipinski definition) is 10. The molecular weight excluding hydrogens is 530 g/mol. The number of phenols is 1. The van der Waals surface area contributed by atoms with E-state index in [2.05, 4.69) is 0 Å². The lowest BCUT2D eigenvalue weighted by Crippen LogP contribution is -2.41. The van der Waals surface area contributed by atoms with Gasteiger partial charge in [-0.1, -0.05) is 35.4 Å². The number of methoxy groups -OCH3 is 1. The molecule has 0 aliphatic carbocycles. The number of rotatable bonds is 7. The van der Waals surface area contributed by atoms with Crippen LogP contribution in [0.15, 0.2) is 47.5 Å². The van der Waals surface area contributed by atoms with Crippen LogP contribution in [0.4, 0.5) is 11.4 Å². The molecule has 0 bridgehead atoms. The van der Waals surface area contributed by atoms with Crippen LogP contribution in [0.25, 0.3) is 12.2 Å². The van der Waals surface area contributed by atoms with E-state index in [1.807, 2.05) is 21.8 Å². The van der Waals surface area contributed by atoms with Gasteiger partial charge in [-0.2, -0.15) is 0 Å². The summed E-state index contributed by atoms with van der Waals surface area (Å²) in [7, 11) is 0.453. The van der Waals surface area contributed by atoms with Crippen molar-refractivity contribution in [3.63, 3.8) is 0 Å². The first-order chi connectivity index (χ1) is 19.5. The number of nitrogens with zero attached hydrogens (tertiary/aromatic N) is 4. The van der Waals surface area contributed by atoms with Crippen LogP contribution >= 0.6 is 0 Å². The van der Waals surface area contributed by atoms with Crippen molar-refractivity contribution in [3.05, 3.63) is 78.9 Å². The van der Waals surface area contributed by atoms with Gasteiger partial charge in [-0.05, 0) is 75.7 Å². The van der Waals surface area contributed by atoms with Gasteiger partial charge >= 0.3 is 25.5 Å². The second-order valence-electron chi connectivity index (χ2n) is 10.2. The summed E-state index contributed by atoms with van der Waals surface area (Å²) in [6.45, 7) is 6.56. The summed E-state index contributed by atoms with van der Waals surface area (Å²) < 4.78 is 5.00. The number of nitro benzene ring substituents is 2. The van der Waals surface area contributed by atoms with E-state index in [0.29, 0.717) is 18.7 Å². The normalized spacial score (nSPS) is 18.0. The predicted molar refractivity (Wildman–Crippen MR) is 160 cm³/mol. The molecule has 0 unspecified atom stereocenters. The van der Waals surface area contributed by atoms with Crippen LogP contribution in [0.2, 0.25) is 13.6 Å². The summed E-state index contributed by atoms with van der Waals surface area (Å²) >= 11 is 0. The highest BCUT2D eigenvalue weighted by Gasteiger charge is 2.22. The summed E-state index contributed by atoms with van der Waals surface area (Å²) in [6.07, 6.45) is 7.65. The second-order valence-corrected chi connectivity index (χ2v) is 10.2. The van der Waals surface area contributed by atoms with Gasteiger partial charge in [0, 0.05) is 25.2 Å². The Labute approximate surface area is 240 Å². The van der Waals surface area contributed by atoms with Crippen LogP contribution in [0, 0.1) is 20.2 Å². The molecule has 2 saturated heterocycles.